The number of hydrogen-bond donors (Lipinski definition) is 1. The first kappa shape index (κ1) is 12.6. The van der Waals surface area contributed by atoms with Crippen LogP contribution >= 0.6 is 0 Å². The second-order valence-corrected chi connectivity index (χ2v) is 6.83. The van der Waals surface area contributed by atoms with Crippen molar-refractivity contribution in [2.24, 2.45) is 5.73 Å². The Labute approximate surface area is 101 Å². The van der Waals surface area contributed by atoms with Crippen molar-refractivity contribution in [1.82, 2.24) is 5.16 Å². The van der Waals surface area contributed by atoms with E-state index in [-0.39, 0.29) is 11.7 Å². The van der Waals surface area contributed by atoms with E-state index >= 15 is 0 Å². The molecule has 1 atom stereocenters. The van der Waals surface area contributed by atoms with Gasteiger partial charge in [-0.25, -0.2) is 8.42 Å². The van der Waals surface area contributed by atoms with Crippen molar-refractivity contribution >= 4 is 9.84 Å². The molecule has 0 aromatic carbocycles. The van der Waals surface area contributed by atoms with Crippen molar-refractivity contribution in [3.8, 4) is 0 Å². The fourth-order valence-electron chi connectivity index (χ4n) is 2.41. The molecule has 17 heavy (non-hydrogen) atoms. The molecule has 1 fully saturated rings. The van der Waals surface area contributed by atoms with Crippen molar-refractivity contribution < 1.29 is 12.9 Å². The van der Waals surface area contributed by atoms with Crippen molar-refractivity contribution in [1.29, 1.82) is 0 Å². The van der Waals surface area contributed by atoms with Crippen LogP contribution in [0.4, 0.5) is 0 Å². The average Bonchev–Trinajstić information content (AvgIpc) is 2.60. The lowest BCUT2D eigenvalue weighted by Crippen LogP contribution is -2.24. The summed E-state index contributed by atoms with van der Waals surface area (Å²) < 4.78 is 28.6. The van der Waals surface area contributed by atoms with Crippen molar-refractivity contribution in [3.63, 3.8) is 0 Å². The maximum atomic E-state index is 11.6. The van der Waals surface area contributed by atoms with Crippen molar-refractivity contribution in [2.75, 3.05) is 18.1 Å². The molecule has 0 amide bonds. The van der Waals surface area contributed by atoms with Gasteiger partial charge < -0.3 is 10.3 Å². The molecule has 1 aromatic heterocycles. The molecule has 0 saturated carbocycles. The first-order valence-corrected chi connectivity index (χ1v) is 7.71. The zero-order valence-corrected chi connectivity index (χ0v) is 10.8. The lowest BCUT2D eigenvalue weighted by molar-refractivity contribution is 0.352. The number of rotatable bonds is 3. The minimum absolute atomic E-state index is 0.0449. The monoisotopic (exact) mass is 258 g/mol. The number of sulfone groups is 1. The Bertz CT molecular complexity index is 493. The number of nitrogens with two attached hydrogens (primary N) is 1. The Hall–Kier alpha value is -0.880. The van der Waals surface area contributed by atoms with Gasteiger partial charge in [0.1, 0.15) is 5.76 Å². The highest BCUT2D eigenvalue weighted by Gasteiger charge is 2.30. The van der Waals surface area contributed by atoms with E-state index in [1.807, 2.05) is 6.92 Å². The Morgan fingerprint density at radius 3 is 2.94 bits per heavy atom. The van der Waals surface area contributed by atoms with Gasteiger partial charge in [0.2, 0.25) is 0 Å². The van der Waals surface area contributed by atoms with E-state index in [0.29, 0.717) is 25.1 Å². The first-order chi connectivity index (χ1) is 8.03. The summed E-state index contributed by atoms with van der Waals surface area (Å²) in [7, 11) is -2.92. The zero-order chi connectivity index (χ0) is 12.5. The van der Waals surface area contributed by atoms with Crippen LogP contribution in [0.1, 0.15) is 35.8 Å². The third kappa shape index (κ3) is 2.69. The number of hydrogen-bond acceptors (Lipinski definition) is 5. The van der Waals surface area contributed by atoms with Gasteiger partial charge >= 0.3 is 0 Å². The highest BCUT2D eigenvalue weighted by Crippen LogP contribution is 2.31. The van der Waals surface area contributed by atoms with Gasteiger partial charge in [-0.1, -0.05) is 5.16 Å². The molecule has 1 aliphatic heterocycles. The standard InChI is InChI=1S/C11H18N2O3S/c1-8-10(4-5-12)11(16-13-8)9-3-2-6-17(14,15)7-9/h9H,2-7,12H2,1H3. The van der Waals surface area contributed by atoms with Crippen LogP contribution in [0.3, 0.4) is 0 Å². The molecule has 96 valence electrons. The summed E-state index contributed by atoms with van der Waals surface area (Å²) in [5.41, 5.74) is 7.37. The van der Waals surface area contributed by atoms with Crippen LogP contribution in [0.25, 0.3) is 0 Å². The molecule has 2 N–H and O–H groups in total. The summed E-state index contributed by atoms with van der Waals surface area (Å²) in [5.74, 6) is 1.16. The molecule has 2 rings (SSSR count). The van der Waals surface area contributed by atoms with Gasteiger partial charge in [0.05, 0.1) is 17.2 Å². The lowest BCUT2D eigenvalue weighted by Gasteiger charge is -2.20. The van der Waals surface area contributed by atoms with E-state index < -0.39 is 9.84 Å². The molecule has 1 unspecified atom stereocenters. The maximum absolute atomic E-state index is 11.6. The predicted octanol–water partition coefficient (Wildman–Crippen LogP) is 0.776. The highest BCUT2D eigenvalue weighted by molar-refractivity contribution is 7.91. The Morgan fingerprint density at radius 2 is 2.29 bits per heavy atom. The summed E-state index contributed by atoms with van der Waals surface area (Å²) >= 11 is 0. The van der Waals surface area contributed by atoms with E-state index in [2.05, 4.69) is 5.16 Å². The fraction of sp³-hybridized carbons (Fsp3) is 0.727. The Kier molecular flexibility index (Phi) is 3.53. The Balaban J connectivity index is 2.27. The van der Waals surface area contributed by atoms with Gasteiger partial charge in [-0.3, -0.25) is 0 Å². The lowest BCUT2D eigenvalue weighted by atomic mass is 9.96. The summed E-state index contributed by atoms with van der Waals surface area (Å²) in [6.45, 7) is 2.39. The zero-order valence-electron chi connectivity index (χ0n) is 9.98. The SMILES string of the molecule is Cc1noc(C2CCCS(=O)(=O)C2)c1CCN. The van der Waals surface area contributed by atoms with E-state index in [1.165, 1.54) is 0 Å². The third-order valence-electron chi connectivity index (χ3n) is 3.24. The van der Waals surface area contributed by atoms with Crippen LogP contribution in [-0.2, 0) is 16.3 Å². The van der Waals surface area contributed by atoms with Crippen molar-refractivity contribution in [2.45, 2.75) is 32.1 Å². The van der Waals surface area contributed by atoms with Gasteiger partial charge in [-0.2, -0.15) is 0 Å². The van der Waals surface area contributed by atoms with Crippen LogP contribution < -0.4 is 5.73 Å². The third-order valence-corrected chi connectivity index (χ3v) is 5.06. The second-order valence-electron chi connectivity index (χ2n) is 4.60. The Morgan fingerprint density at radius 1 is 1.53 bits per heavy atom. The van der Waals surface area contributed by atoms with Crippen LogP contribution in [0, 0.1) is 6.92 Å². The molecule has 0 radical (unpaired) electrons. The molecular formula is C11H18N2O3S. The molecule has 2 heterocycles. The largest absolute Gasteiger partial charge is 0.361 e. The molecule has 6 heteroatoms. The number of aromatic nitrogens is 1. The fourth-order valence-corrected chi connectivity index (χ4v) is 4.11. The quantitative estimate of drug-likeness (QED) is 0.865. The smallest absolute Gasteiger partial charge is 0.151 e. The normalized spacial score (nSPS) is 23.8. The van der Waals surface area contributed by atoms with Crippen LogP contribution in [0.15, 0.2) is 4.52 Å². The molecular weight excluding hydrogens is 240 g/mol. The van der Waals surface area contributed by atoms with Gasteiger partial charge in [-0.05, 0) is 32.7 Å². The summed E-state index contributed by atoms with van der Waals surface area (Å²) in [6.07, 6.45) is 2.25. The van der Waals surface area contributed by atoms with Crippen LogP contribution in [0.2, 0.25) is 0 Å². The number of aryl methyl sites for hydroxylation is 1. The molecule has 5 nitrogen and oxygen atoms in total. The molecule has 1 aromatic rings. The van der Waals surface area contributed by atoms with Gasteiger partial charge in [0, 0.05) is 11.5 Å². The van der Waals surface area contributed by atoms with E-state index in [1.54, 1.807) is 0 Å². The minimum Gasteiger partial charge on any atom is -0.361 e. The second kappa shape index (κ2) is 4.78. The topological polar surface area (TPSA) is 86.2 Å². The van der Waals surface area contributed by atoms with E-state index in [0.717, 1.165) is 23.4 Å². The van der Waals surface area contributed by atoms with Crippen LogP contribution in [0.5, 0.6) is 0 Å². The van der Waals surface area contributed by atoms with Crippen molar-refractivity contribution in [3.05, 3.63) is 17.0 Å². The summed E-state index contributed by atoms with van der Waals surface area (Å²) in [6, 6.07) is 0. The van der Waals surface area contributed by atoms with E-state index in [9.17, 15) is 8.42 Å². The number of nitrogens with zero attached hydrogens (tertiary/aromatic N) is 1. The van der Waals surface area contributed by atoms with E-state index in [4.69, 9.17) is 10.3 Å². The predicted molar refractivity (Wildman–Crippen MR) is 64.6 cm³/mol. The van der Waals surface area contributed by atoms with Gasteiger partial charge in [-0.15, -0.1) is 0 Å². The molecule has 0 spiro atoms. The molecule has 0 bridgehead atoms. The maximum Gasteiger partial charge on any atom is 0.151 e. The van der Waals surface area contributed by atoms with Gasteiger partial charge in [0.15, 0.2) is 9.84 Å². The average molecular weight is 258 g/mol. The highest BCUT2D eigenvalue weighted by atomic mass is 32.2. The summed E-state index contributed by atoms with van der Waals surface area (Å²) in [5, 5.41) is 3.93. The molecule has 0 aliphatic carbocycles. The summed E-state index contributed by atoms with van der Waals surface area (Å²) in [4.78, 5) is 0. The first-order valence-electron chi connectivity index (χ1n) is 5.89. The van der Waals surface area contributed by atoms with Crippen LogP contribution in [-0.4, -0.2) is 31.6 Å². The molecule has 1 aliphatic rings. The molecule has 1 saturated heterocycles. The minimum atomic E-state index is -2.92. The van der Waals surface area contributed by atoms with Gasteiger partial charge in [0.25, 0.3) is 0 Å².